The Kier molecular flexibility index (Phi) is 2.48. The summed E-state index contributed by atoms with van der Waals surface area (Å²) in [5.41, 5.74) is 0. The highest BCUT2D eigenvalue weighted by atomic mass is 16.6. The van der Waals surface area contributed by atoms with E-state index in [0.717, 1.165) is 0 Å². The first-order chi connectivity index (χ1) is 7.08. The van der Waals surface area contributed by atoms with E-state index in [4.69, 9.17) is 14.2 Å². The van der Waals surface area contributed by atoms with E-state index in [0.29, 0.717) is 0 Å². The maximum atomic E-state index is 11.0. The number of ether oxygens (including phenoxy) is 3. The number of carbonyl (C=O) groups excluding carboxylic acids is 2. The van der Waals surface area contributed by atoms with Crippen molar-refractivity contribution < 1.29 is 23.8 Å². The van der Waals surface area contributed by atoms with Crippen molar-refractivity contribution in [1.29, 1.82) is 0 Å². The van der Waals surface area contributed by atoms with Gasteiger partial charge in [0.2, 0.25) is 0 Å². The normalized spacial score (nSPS) is 38.4. The molecule has 5 nitrogen and oxygen atoms in total. The first-order valence-corrected chi connectivity index (χ1v) is 4.79. The van der Waals surface area contributed by atoms with Crippen LogP contribution in [0.15, 0.2) is 12.2 Å². The Hall–Kier alpha value is -1.36. The van der Waals surface area contributed by atoms with Crippen LogP contribution in [0, 0.1) is 0 Å². The van der Waals surface area contributed by atoms with E-state index >= 15 is 0 Å². The van der Waals surface area contributed by atoms with Crippen molar-refractivity contribution in [2.75, 3.05) is 0 Å². The van der Waals surface area contributed by atoms with E-state index in [1.165, 1.54) is 19.1 Å². The van der Waals surface area contributed by atoms with Crippen LogP contribution in [0.2, 0.25) is 0 Å². The zero-order valence-electron chi connectivity index (χ0n) is 8.51. The molecule has 0 radical (unpaired) electrons. The van der Waals surface area contributed by atoms with Gasteiger partial charge in [0.15, 0.2) is 12.2 Å². The minimum absolute atomic E-state index is 0.0485. The lowest BCUT2D eigenvalue weighted by molar-refractivity contribution is -0.163. The average molecular weight is 212 g/mol. The zero-order chi connectivity index (χ0) is 11.0. The molecule has 15 heavy (non-hydrogen) atoms. The largest absolute Gasteiger partial charge is 0.454 e. The number of hydrogen-bond donors (Lipinski definition) is 0. The second-order valence-corrected chi connectivity index (χ2v) is 3.64. The highest BCUT2D eigenvalue weighted by Crippen LogP contribution is 2.31. The van der Waals surface area contributed by atoms with Gasteiger partial charge in [0, 0.05) is 13.0 Å². The number of carbonyl (C=O) groups is 2. The minimum Gasteiger partial charge on any atom is -0.454 e. The molecule has 2 heterocycles. The summed E-state index contributed by atoms with van der Waals surface area (Å²) in [6.45, 7) is 3.19. The van der Waals surface area contributed by atoms with E-state index in [-0.39, 0.29) is 12.2 Å². The maximum absolute atomic E-state index is 11.0. The van der Waals surface area contributed by atoms with E-state index in [1.807, 2.05) is 6.92 Å². The standard InChI is InChI=1S/C10H12O5/c1-5-9(13-5)10-7(14-6(2)11)3-4-8(12)15-10/h3-5,7,9-10H,1-2H3/t5-,7-,9+,10-/m1/s1. The highest BCUT2D eigenvalue weighted by Gasteiger charge is 2.49. The van der Waals surface area contributed by atoms with Gasteiger partial charge in [-0.3, -0.25) is 4.79 Å². The van der Waals surface area contributed by atoms with Gasteiger partial charge in [-0.1, -0.05) is 0 Å². The number of rotatable bonds is 2. The van der Waals surface area contributed by atoms with Gasteiger partial charge < -0.3 is 14.2 Å². The maximum Gasteiger partial charge on any atom is 0.331 e. The molecule has 1 fully saturated rings. The molecule has 82 valence electrons. The van der Waals surface area contributed by atoms with Crippen molar-refractivity contribution in [1.82, 2.24) is 0 Å². The first kappa shape index (κ1) is 10.2. The molecule has 0 amide bonds. The molecule has 2 aliphatic rings. The molecule has 0 spiro atoms. The summed E-state index contributed by atoms with van der Waals surface area (Å²) in [4.78, 5) is 21.9. The van der Waals surface area contributed by atoms with Crippen LogP contribution in [0.5, 0.6) is 0 Å². The van der Waals surface area contributed by atoms with Gasteiger partial charge in [-0.2, -0.15) is 0 Å². The summed E-state index contributed by atoms with van der Waals surface area (Å²) in [7, 11) is 0. The third kappa shape index (κ3) is 2.18. The van der Waals surface area contributed by atoms with Crippen LogP contribution in [0.1, 0.15) is 13.8 Å². The predicted molar refractivity (Wildman–Crippen MR) is 48.9 cm³/mol. The predicted octanol–water partition coefficient (Wildman–Crippen LogP) is 0.187. The Morgan fingerprint density at radius 2 is 2.13 bits per heavy atom. The lowest BCUT2D eigenvalue weighted by Crippen LogP contribution is -2.40. The van der Waals surface area contributed by atoms with Crippen molar-refractivity contribution in [3.8, 4) is 0 Å². The van der Waals surface area contributed by atoms with Crippen LogP contribution < -0.4 is 0 Å². The van der Waals surface area contributed by atoms with Gasteiger partial charge >= 0.3 is 11.9 Å². The van der Waals surface area contributed by atoms with E-state index in [2.05, 4.69) is 0 Å². The molecule has 0 aromatic rings. The van der Waals surface area contributed by atoms with Crippen molar-refractivity contribution >= 4 is 11.9 Å². The third-order valence-corrected chi connectivity index (χ3v) is 2.38. The van der Waals surface area contributed by atoms with Crippen LogP contribution in [-0.2, 0) is 23.8 Å². The molecule has 0 aliphatic carbocycles. The molecule has 4 atom stereocenters. The quantitative estimate of drug-likeness (QED) is 0.483. The molecule has 0 saturated carbocycles. The van der Waals surface area contributed by atoms with Gasteiger partial charge in [-0.25, -0.2) is 4.79 Å². The summed E-state index contributed by atoms with van der Waals surface area (Å²) in [6, 6.07) is 0. The van der Waals surface area contributed by atoms with Crippen LogP contribution in [0.4, 0.5) is 0 Å². The van der Waals surface area contributed by atoms with Crippen LogP contribution >= 0.6 is 0 Å². The molecule has 5 heteroatoms. The highest BCUT2D eigenvalue weighted by molar-refractivity contribution is 5.83. The third-order valence-electron chi connectivity index (χ3n) is 2.38. The van der Waals surface area contributed by atoms with Crippen LogP contribution in [0.3, 0.4) is 0 Å². The minimum atomic E-state index is -0.532. The second kappa shape index (κ2) is 3.66. The van der Waals surface area contributed by atoms with Crippen LogP contribution in [-0.4, -0.2) is 36.4 Å². The summed E-state index contributed by atoms with van der Waals surface area (Å²) in [5.74, 6) is -0.827. The molecular formula is C10H12O5. The molecule has 1 saturated heterocycles. The molecule has 0 N–H and O–H groups in total. The Bertz CT molecular complexity index is 322. The van der Waals surface area contributed by atoms with Gasteiger partial charge in [0.1, 0.15) is 6.10 Å². The summed E-state index contributed by atoms with van der Waals surface area (Å²) in [5, 5.41) is 0. The summed E-state index contributed by atoms with van der Waals surface area (Å²) in [6.07, 6.45) is 1.64. The Labute approximate surface area is 87.0 Å². The molecule has 0 bridgehead atoms. The molecular weight excluding hydrogens is 200 g/mol. The number of cyclic esters (lactones) is 1. The van der Waals surface area contributed by atoms with Crippen LogP contribution in [0.25, 0.3) is 0 Å². The van der Waals surface area contributed by atoms with Gasteiger partial charge in [-0.05, 0) is 13.0 Å². The van der Waals surface area contributed by atoms with Gasteiger partial charge in [-0.15, -0.1) is 0 Å². The van der Waals surface area contributed by atoms with E-state index < -0.39 is 24.1 Å². The fraction of sp³-hybridized carbons (Fsp3) is 0.600. The number of epoxide rings is 1. The van der Waals surface area contributed by atoms with Gasteiger partial charge in [0.25, 0.3) is 0 Å². The van der Waals surface area contributed by atoms with Crippen molar-refractivity contribution in [2.24, 2.45) is 0 Å². The topological polar surface area (TPSA) is 65.1 Å². The molecule has 2 rings (SSSR count). The average Bonchev–Trinajstić information content (AvgIpc) is 2.85. The zero-order valence-corrected chi connectivity index (χ0v) is 8.51. The SMILES string of the molecule is CC(=O)O[C@@H]1C=CC(=O)O[C@H]1[C@H]1O[C@@H]1C. The Morgan fingerprint density at radius 1 is 1.47 bits per heavy atom. The number of esters is 2. The lowest BCUT2D eigenvalue weighted by Gasteiger charge is -2.25. The Morgan fingerprint density at radius 3 is 2.67 bits per heavy atom. The smallest absolute Gasteiger partial charge is 0.331 e. The molecule has 2 aliphatic heterocycles. The molecule has 0 aromatic carbocycles. The van der Waals surface area contributed by atoms with Crippen molar-refractivity contribution in [3.05, 3.63) is 12.2 Å². The number of hydrogen-bond acceptors (Lipinski definition) is 5. The summed E-state index contributed by atoms with van der Waals surface area (Å²) >= 11 is 0. The summed E-state index contributed by atoms with van der Waals surface area (Å²) < 4.78 is 15.3. The fourth-order valence-corrected chi connectivity index (χ4v) is 1.62. The Balaban J connectivity index is 2.07. The second-order valence-electron chi connectivity index (χ2n) is 3.64. The molecule has 0 aromatic heterocycles. The fourth-order valence-electron chi connectivity index (χ4n) is 1.62. The lowest BCUT2D eigenvalue weighted by atomic mass is 10.1. The van der Waals surface area contributed by atoms with Gasteiger partial charge in [0.05, 0.1) is 6.10 Å². The van der Waals surface area contributed by atoms with E-state index in [9.17, 15) is 9.59 Å². The van der Waals surface area contributed by atoms with Crippen molar-refractivity contribution in [2.45, 2.75) is 38.3 Å². The monoisotopic (exact) mass is 212 g/mol. The van der Waals surface area contributed by atoms with E-state index in [1.54, 1.807) is 0 Å². The van der Waals surface area contributed by atoms with Crippen molar-refractivity contribution in [3.63, 3.8) is 0 Å². The first-order valence-electron chi connectivity index (χ1n) is 4.79. The molecule has 0 unspecified atom stereocenters.